The van der Waals surface area contributed by atoms with Gasteiger partial charge in [0.05, 0.1) is 0 Å². The van der Waals surface area contributed by atoms with Crippen LogP contribution in [0.5, 0.6) is 0 Å². The van der Waals surface area contributed by atoms with Crippen molar-refractivity contribution in [3.05, 3.63) is 0 Å². The molecule has 0 atom stereocenters. The molecule has 0 amide bonds. The molecule has 0 N–H and O–H groups in total. The van der Waals surface area contributed by atoms with Crippen molar-refractivity contribution in [1.82, 2.24) is 0 Å². The van der Waals surface area contributed by atoms with Crippen LogP contribution in [0.4, 0.5) is 0 Å². The topological polar surface area (TPSA) is 0 Å². The fourth-order valence-corrected chi connectivity index (χ4v) is 0. The van der Waals surface area contributed by atoms with Crippen LogP contribution in [0.25, 0.3) is 0 Å². The summed E-state index contributed by atoms with van der Waals surface area (Å²) >= 11 is -1.92. The first-order valence-electron chi connectivity index (χ1n) is 0.378. The molecule has 0 heterocycles. The molecule has 8 heavy (non-hydrogen) atoms. The Morgan fingerprint density at radius 1 is 0.750 bits per heavy atom. The number of hydrogen-bond donors (Lipinski definition) is 0. The minimum atomic E-state index is -1.92. The molecular weight excluding hydrogens is 494 g/mol. The average Bonchev–Trinajstić information content (AvgIpc) is 0.811. The van der Waals surface area contributed by atoms with E-state index in [1.807, 2.05) is 0 Å². The van der Waals surface area contributed by atoms with Crippen LogP contribution >= 0.6 is 28.8 Å². The monoisotopic (exact) mass is 492 g/mol. The zero-order valence-electron chi connectivity index (χ0n) is 3.18. The van der Waals surface area contributed by atoms with Gasteiger partial charge in [0, 0.05) is 0 Å². The van der Waals surface area contributed by atoms with E-state index in [4.69, 9.17) is 28.8 Å². The summed E-state index contributed by atoms with van der Waals surface area (Å²) in [5.74, 6) is 0. The zero-order valence-corrected chi connectivity index (χ0v) is 12.9. The van der Waals surface area contributed by atoms with Gasteiger partial charge in [-0.1, -0.05) is 0 Å². The van der Waals surface area contributed by atoms with Gasteiger partial charge in [-0.15, -0.1) is 0 Å². The molecule has 0 nitrogen and oxygen atoms in total. The fourth-order valence-electron chi connectivity index (χ4n) is 0. The van der Waals surface area contributed by atoms with Crippen molar-refractivity contribution in [1.29, 1.82) is 0 Å². The van der Waals surface area contributed by atoms with Crippen LogP contribution < -0.4 is 37.2 Å². The molecule has 0 aromatic heterocycles. The largest absolute Gasteiger partial charge is 3.00 e. The molecule has 0 saturated heterocycles. The minimum absolute atomic E-state index is 0. The molecule has 0 rings (SSSR count). The summed E-state index contributed by atoms with van der Waals surface area (Å²) in [6.45, 7) is 0. The van der Waals surface area contributed by atoms with E-state index in [1.165, 1.54) is 0 Å². The minimum Gasteiger partial charge on any atom is 3.00 e. The van der Waals surface area contributed by atoms with Crippen LogP contribution in [-0.2, 0) is 46.2 Å². The second-order valence-corrected chi connectivity index (χ2v) is 10.5. The molecule has 54 valence electrons. The average molecular weight is 494 g/mol. The predicted molar refractivity (Wildman–Crippen MR) is 17.6 cm³/mol. The van der Waals surface area contributed by atoms with Crippen molar-refractivity contribution in [2.24, 2.45) is 0 Å². The van der Waals surface area contributed by atoms with Crippen molar-refractivity contribution in [3.63, 3.8) is 0 Å². The Morgan fingerprint density at radius 2 is 0.750 bits per heavy atom. The summed E-state index contributed by atoms with van der Waals surface area (Å²) < 4.78 is 0. The number of hydrogen-bond acceptors (Lipinski definition) is 0. The van der Waals surface area contributed by atoms with Gasteiger partial charge in [0.1, 0.15) is 0 Å². The maximum absolute atomic E-state index is 4.97. The first-order chi connectivity index (χ1) is 1.73. The zero-order chi connectivity index (χ0) is 3.58. The Bertz CT molecular complexity index is 13.2. The second-order valence-electron chi connectivity index (χ2n) is 0.143. The Labute approximate surface area is 110 Å². The van der Waals surface area contributed by atoms with Gasteiger partial charge in [-0.3, -0.25) is 0 Å². The summed E-state index contributed by atoms with van der Waals surface area (Å²) in [4.78, 5) is 0. The summed E-state index contributed by atoms with van der Waals surface area (Å²) in [5, 5.41) is 0. The molecular formula is Cl6IrY. The summed E-state index contributed by atoms with van der Waals surface area (Å²) in [7, 11) is 14.9. The van der Waals surface area contributed by atoms with E-state index in [2.05, 4.69) is 0 Å². The summed E-state index contributed by atoms with van der Waals surface area (Å²) in [6.07, 6.45) is 0. The van der Waals surface area contributed by atoms with Crippen LogP contribution in [0.3, 0.4) is 0 Å². The number of halogens is 6. The normalized spacial score (nSPS) is 5.62. The van der Waals surface area contributed by atoms with Crippen LogP contribution in [0.1, 0.15) is 0 Å². The molecule has 0 aliphatic carbocycles. The smallest absolute Gasteiger partial charge is 3.00 e. The molecule has 0 fully saturated rings. The Morgan fingerprint density at radius 3 is 0.750 bits per heavy atom. The van der Waals surface area contributed by atoms with E-state index in [0.717, 1.165) is 0 Å². The van der Waals surface area contributed by atoms with Crippen LogP contribution in [0.2, 0.25) is 0 Å². The summed E-state index contributed by atoms with van der Waals surface area (Å²) in [6, 6.07) is 0. The molecule has 0 bridgehead atoms. The van der Waals surface area contributed by atoms with Gasteiger partial charge < -0.3 is 37.2 Å². The van der Waals surface area contributed by atoms with Gasteiger partial charge in [0.15, 0.2) is 0 Å². The van der Waals surface area contributed by atoms with E-state index in [9.17, 15) is 0 Å². The van der Waals surface area contributed by atoms with Crippen molar-refractivity contribution < 1.29 is 83.4 Å². The fraction of sp³-hybridized carbons (Fsp3) is 0. The van der Waals surface area contributed by atoms with Gasteiger partial charge >= 0.3 is 74.9 Å². The second kappa shape index (κ2) is 22.4. The molecule has 0 unspecified atom stereocenters. The molecule has 0 saturated carbocycles. The molecule has 0 radical (unpaired) electrons. The van der Waals surface area contributed by atoms with Gasteiger partial charge in [0.25, 0.3) is 0 Å². The maximum Gasteiger partial charge on any atom is 3.00 e. The van der Waals surface area contributed by atoms with E-state index in [-0.39, 0.29) is 69.9 Å². The van der Waals surface area contributed by atoms with Crippen molar-refractivity contribution in [2.45, 2.75) is 0 Å². The molecule has 0 aliphatic heterocycles. The Kier molecular flexibility index (Phi) is 84.2. The van der Waals surface area contributed by atoms with Gasteiger partial charge in [-0.2, -0.15) is 0 Å². The van der Waals surface area contributed by atoms with E-state index in [0.29, 0.717) is 0 Å². The molecule has 0 aromatic carbocycles. The number of rotatable bonds is 0. The Balaban J connectivity index is -0.00000000750. The molecule has 0 spiro atoms. The molecule has 0 aliphatic rings. The van der Waals surface area contributed by atoms with Crippen LogP contribution in [-0.4, -0.2) is 0 Å². The predicted octanol–water partition coefficient (Wildman–Crippen LogP) is -6.92. The summed E-state index contributed by atoms with van der Waals surface area (Å²) in [5.41, 5.74) is 0. The van der Waals surface area contributed by atoms with E-state index >= 15 is 0 Å². The van der Waals surface area contributed by atoms with Crippen molar-refractivity contribution in [3.8, 4) is 0 Å². The third-order valence-corrected chi connectivity index (χ3v) is 0. The quantitative estimate of drug-likeness (QED) is 0.315. The van der Waals surface area contributed by atoms with E-state index < -0.39 is 13.5 Å². The third-order valence-electron chi connectivity index (χ3n) is 0. The van der Waals surface area contributed by atoms with Crippen molar-refractivity contribution >= 4 is 28.8 Å². The van der Waals surface area contributed by atoms with Crippen LogP contribution in [0.15, 0.2) is 0 Å². The third kappa shape index (κ3) is 56.1. The first-order valence-corrected chi connectivity index (χ1v) is 9.28. The van der Waals surface area contributed by atoms with Crippen molar-refractivity contribution in [2.75, 3.05) is 0 Å². The van der Waals surface area contributed by atoms with Gasteiger partial charge in [-0.25, -0.2) is 0 Å². The molecule has 8 heteroatoms. The van der Waals surface area contributed by atoms with Gasteiger partial charge in [0.2, 0.25) is 0 Å². The first kappa shape index (κ1) is 30.0. The molecule has 0 aromatic rings. The van der Waals surface area contributed by atoms with Gasteiger partial charge in [-0.05, 0) is 0 Å². The van der Waals surface area contributed by atoms with Crippen LogP contribution in [0, 0.1) is 0 Å². The maximum atomic E-state index is 4.97. The standard InChI is InChI=1S/6ClH.Ir.Y/h6*1H;;/q;;;;;;2*+3/p-6. The Hall–Kier alpha value is 3.49. The SMILES string of the molecule is [Cl-].[Cl-].[Cl-].[Cl][Ir]([Cl])[Cl].[Y+3]. The van der Waals surface area contributed by atoms with E-state index in [1.54, 1.807) is 0 Å².